The van der Waals surface area contributed by atoms with Crippen molar-refractivity contribution in [3.05, 3.63) is 27.7 Å². The number of rotatable bonds is 6. The minimum absolute atomic E-state index is 0.676. The first kappa shape index (κ1) is 13.2. The lowest BCUT2D eigenvalue weighted by molar-refractivity contribution is 0.149. The van der Waals surface area contributed by atoms with Crippen molar-refractivity contribution in [2.75, 3.05) is 13.2 Å². The normalized spacial score (nSPS) is 11.1. The summed E-state index contributed by atoms with van der Waals surface area (Å²) in [5, 5.41) is 7.55. The molecule has 0 spiro atoms. The lowest BCUT2D eigenvalue weighted by atomic mass is 10.3. The van der Waals surface area contributed by atoms with Crippen molar-refractivity contribution >= 4 is 11.3 Å². The van der Waals surface area contributed by atoms with E-state index in [-0.39, 0.29) is 0 Å². The Labute approximate surface area is 111 Å². The lowest BCUT2D eigenvalue weighted by Gasteiger charge is -1.95. The highest BCUT2D eigenvalue weighted by atomic mass is 32.1. The average Bonchev–Trinajstić information content (AvgIpc) is 2.88. The second-order valence-corrected chi connectivity index (χ2v) is 5.11. The number of hydrogen-bond donors (Lipinski definition) is 0. The van der Waals surface area contributed by atoms with Gasteiger partial charge in [-0.05, 0) is 13.8 Å². The predicted octanol–water partition coefficient (Wildman–Crippen LogP) is 1.75. The standard InChI is InChI=1S/C12H18N4OS/c1-4-17-6-5-11-14-12(16(3)15-11)7-10-8-18-9(2)13-10/h8H,4-7H2,1-3H3. The Morgan fingerprint density at radius 1 is 1.39 bits per heavy atom. The summed E-state index contributed by atoms with van der Waals surface area (Å²) in [5.41, 5.74) is 1.06. The number of aromatic nitrogens is 4. The van der Waals surface area contributed by atoms with Crippen LogP contribution in [-0.4, -0.2) is 33.0 Å². The lowest BCUT2D eigenvalue weighted by Crippen LogP contribution is -2.01. The van der Waals surface area contributed by atoms with E-state index in [1.807, 2.05) is 25.6 Å². The van der Waals surface area contributed by atoms with E-state index < -0.39 is 0 Å². The predicted molar refractivity (Wildman–Crippen MR) is 70.9 cm³/mol. The highest BCUT2D eigenvalue weighted by Crippen LogP contribution is 2.11. The van der Waals surface area contributed by atoms with Gasteiger partial charge in [-0.25, -0.2) is 9.97 Å². The van der Waals surface area contributed by atoms with Gasteiger partial charge in [0, 0.05) is 25.5 Å². The highest BCUT2D eigenvalue weighted by molar-refractivity contribution is 7.09. The minimum Gasteiger partial charge on any atom is -0.381 e. The third kappa shape index (κ3) is 3.36. The Kier molecular flexibility index (Phi) is 4.43. The molecule has 0 saturated carbocycles. The van der Waals surface area contributed by atoms with Gasteiger partial charge in [-0.1, -0.05) is 0 Å². The molecular weight excluding hydrogens is 248 g/mol. The molecule has 5 nitrogen and oxygen atoms in total. The quantitative estimate of drug-likeness (QED) is 0.747. The van der Waals surface area contributed by atoms with E-state index in [4.69, 9.17) is 4.74 Å². The van der Waals surface area contributed by atoms with Gasteiger partial charge in [0.25, 0.3) is 0 Å². The number of thiazole rings is 1. The minimum atomic E-state index is 0.676. The first-order valence-corrected chi connectivity index (χ1v) is 6.94. The van der Waals surface area contributed by atoms with Crippen LogP contribution in [0, 0.1) is 6.92 Å². The Morgan fingerprint density at radius 3 is 2.89 bits per heavy atom. The van der Waals surface area contributed by atoms with E-state index in [1.54, 1.807) is 11.3 Å². The van der Waals surface area contributed by atoms with Gasteiger partial charge in [-0.15, -0.1) is 11.3 Å². The van der Waals surface area contributed by atoms with Gasteiger partial charge < -0.3 is 4.74 Å². The van der Waals surface area contributed by atoms with E-state index in [2.05, 4.69) is 20.4 Å². The zero-order chi connectivity index (χ0) is 13.0. The smallest absolute Gasteiger partial charge is 0.153 e. The molecule has 0 unspecified atom stereocenters. The maximum atomic E-state index is 5.31. The molecule has 2 aromatic heterocycles. The molecule has 0 aliphatic heterocycles. The van der Waals surface area contributed by atoms with Crippen molar-refractivity contribution in [1.82, 2.24) is 19.7 Å². The molecule has 0 saturated heterocycles. The maximum absolute atomic E-state index is 5.31. The summed E-state index contributed by atoms with van der Waals surface area (Å²) in [6.07, 6.45) is 1.50. The van der Waals surface area contributed by atoms with Crippen LogP contribution in [0.25, 0.3) is 0 Å². The first-order chi connectivity index (χ1) is 8.69. The number of ether oxygens (including phenoxy) is 1. The molecule has 2 heterocycles. The molecule has 0 fully saturated rings. The van der Waals surface area contributed by atoms with E-state index in [0.717, 1.165) is 41.8 Å². The van der Waals surface area contributed by atoms with Crippen LogP contribution < -0.4 is 0 Å². The Morgan fingerprint density at radius 2 is 2.22 bits per heavy atom. The first-order valence-electron chi connectivity index (χ1n) is 6.06. The molecule has 0 aliphatic carbocycles. The Balaban J connectivity index is 2.00. The molecule has 18 heavy (non-hydrogen) atoms. The van der Waals surface area contributed by atoms with Gasteiger partial charge >= 0.3 is 0 Å². The second kappa shape index (κ2) is 6.06. The highest BCUT2D eigenvalue weighted by Gasteiger charge is 2.09. The number of nitrogens with zero attached hydrogens (tertiary/aromatic N) is 4. The summed E-state index contributed by atoms with van der Waals surface area (Å²) in [6, 6.07) is 0. The van der Waals surface area contributed by atoms with Crippen molar-refractivity contribution in [2.24, 2.45) is 7.05 Å². The third-order valence-corrected chi connectivity index (χ3v) is 3.40. The van der Waals surface area contributed by atoms with Crippen LogP contribution in [0.5, 0.6) is 0 Å². The molecule has 6 heteroatoms. The molecule has 0 amide bonds. The van der Waals surface area contributed by atoms with Crippen molar-refractivity contribution in [2.45, 2.75) is 26.7 Å². The SMILES string of the molecule is CCOCCc1nc(Cc2csc(C)n2)n(C)n1. The monoisotopic (exact) mass is 266 g/mol. The molecule has 0 atom stereocenters. The van der Waals surface area contributed by atoms with Crippen LogP contribution in [0.15, 0.2) is 5.38 Å². The van der Waals surface area contributed by atoms with Crippen molar-refractivity contribution in [3.63, 3.8) is 0 Å². The van der Waals surface area contributed by atoms with Crippen LogP contribution in [-0.2, 0) is 24.6 Å². The average molecular weight is 266 g/mol. The van der Waals surface area contributed by atoms with Gasteiger partial charge in [-0.3, -0.25) is 4.68 Å². The molecule has 98 valence electrons. The van der Waals surface area contributed by atoms with Crippen LogP contribution in [0.1, 0.15) is 29.3 Å². The molecule has 0 radical (unpaired) electrons. The fraction of sp³-hybridized carbons (Fsp3) is 0.583. The Hall–Kier alpha value is -1.27. The summed E-state index contributed by atoms with van der Waals surface area (Å²) in [4.78, 5) is 8.97. The fourth-order valence-electron chi connectivity index (χ4n) is 1.69. The molecule has 0 N–H and O–H groups in total. The van der Waals surface area contributed by atoms with Crippen molar-refractivity contribution in [3.8, 4) is 0 Å². The molecule has 2 aromatic rings. The largest absolute Gasteiger partial charge is 0.381 e. The van der Waals surface area contributed by atoms with Gasteiger partial charge in [0.2, 0.25) is 0 Å². The summed E-state index contributed by atoms with van der Waals surface area (Å²) in [6.45, 7) is 5.41. The number of hydrogen-bond acceptors (Lipinski definition) is 5. The third-order valence-electron chi connectivity index (χ3n) is 2.58. The molecule has 0 aliphatic rings. The topological polar surface area (TPSA) is 52.8 Å². The number of aryl methyl sites for hydroxylation is 2. The van der Waals surface area contributed by atoms with E-state index >= 15 is 0 Å². The van der Waals surface area contributed by atoms with E-state index in [9.17, 15) is 0 Å². The summed E-state index contributed by atoms with van der Waals surface area (Å²) in [5.74, 6) is 1.79. The van der Waals surface area contributed by atoms with E-state index in [1.165, 1.54) is 0 Å². The maximum Gasteiger partial charge on any atom is 0.153 e. The van der Waals surface area contributed by atoms with E-state index in [0.29, 0.717) is 6.61 Å². The molecule has 0 bridgehead atoms. The van der Waals surface area contributed by atoms with Crippen molar-refractivity contribution in [1.29, 1.82) is 0 Å². The second-order valence-electron chi connectivity index (χ2n) is 4.05. The van der Waals surface area contributed by atoms with Crippen LogP contribution in [0.4, 0.5) is 0 Å². The fourth-order valence-corrected chi connectivity index (χ4v) is 2.31. The van der Waals surface area contributed by atoms with Crippen LogP contribution >= 0.6 is 11.3 Å². The Bertz CT molecular complexity index is 506. The van der Waals surface area contributed by atoms with Crippen LogP contribution in [0.3, 0.4) is 0 Å². The van der Waals surface area contributed by atoms with Gasteiger partial charge in [0.1, 0.15) is 5.82 Å². The van der Waals surface area contributed by atoms with Gasteiger partial charge in [-0.2, -0.15) is 5.10 Å². The van der Waals surface area contributed by atoms with Crippen molar-refractivity contribution < 1.29 is 4.74 Å². The van der Waals surface area contributed by atoms with Crippen LogP contribution in [0.2, 0.25) is 0 Å². The summed E-state index contributed by atoms with van der Waals surface area (Å²) in [7, 11) is 1.92. The zero-order valence-corrected chi connectivity index (χ0v) is 11.8. The zero-order valence-electron chi connectivity index (χ0n) is 11.0. The van der Waals surface area contributed by atoms with Gasteiger partial charge in [0.05, 0.1) is 23.7 Å². The molecule has 0 aromatic carbocycles. The summed E-state index contributed by atoms with van der Waals surface area (Å²) >= 11 is 1.66. The van der Waals surface area contributed by atoms with Gasteiger partial charge in [0.15, 0.2) is 5.82 Å². The summed E-state index contributed by atoms with van der Waals surface area (Å²) < 4.78 is 7.14. The molecule has 2 rings (SSSR count). The molecular formula is C12H18N4OS.